The van der Waals surface area contributed by atoms with Crippen molar-refractivity contribution in [2.45, 2.75) is 13.8 Å². The van der Waals surface area contributed by atoms with E-state index in [4.69, 9.17) is 23.2 Å². The zero-order valence-electron chi connectivity index (χ0n) is 10.1. The van der Waals surface area contributed by atoms with Crippen LogP contribution in [0.1, 0.15) is 21.7 Å². The Labute approximate surface area is 119 Å². The minimum Gasteiger partial charge on any atom is -0.317 e. The fraction of sp³-hybridized carbons (Fsp3) is 0.182. The summed E-state index contributed by atoms with van der Waals surface area (Å²) in [5.74, 6) is -0.394. The van der Waals surface area contributed by atoms with Gasteiger partial charge in [-0.15, -0.1) is 0 Å². The Morgan fingerprint density at radius 1 is 1.16 bits per heavy atom. The molecule has 0 spiro atoms. The second-order valence-electron chi connectivity index (χ2n) is 3.77. The molecule has 0 aromatic carbocycles. The van der Waals surface area contributed by atoms with E-state index < -0.39 is 5.91 Å². The lowest BCUT2D eigenvalue weighted by molar-refractivity contribution is 0.102. The van der Waals surface area contributed by atoms with E-state index >= 15 is 0 Å². The number of anilines is 1. The van der Waals surface area contributed by atoms with Crippen LogP contribution in [0.25, 0.3) is 0 Å². The van der Waals surface area contributed by atoms with Gasteiger partial charge in [0.2, 0.25) is 0 Å². The first-order valence-corrected chi connectivity index (χ1v) is 6.03. The van der Waals surface area contributed by atoms with Gasteiger partial charge in [-0.2, -0.15) is 10.2 Å². The molecule has 6 nitrogen and oxygen atoms in total. The maximum Gasteiger partial charge on any atom is 0.257 e. The first-order chi connectivity index (χ1) is 8.99. The molecule has 8 heteroatoms. The number of rotatable bonds is 2. The topological polar surface area (TPSA) is 80.7 Å². The Hall–Kier alpha value is -1.79. The molecule has 0 bridgehead atoms. The van der Waals surface area contributed by atoms with Gasteiger partial charge in [0, 0.05) is 0 Å². The molecule has 0 fully saturated rings. The molecule has 0 aliphatic carbocycles. The zero-order valence-corrected chi connectivity index (χ0v) is 11.6. The molecule has 2 aromatic heterocycles. The van der Waals surface area contributed by atoms with Crippen LogP contribution in [0.2, 0.25) is 10.3 Å². The number of halogens is 2. The molecule has 0 saturated carbocycles. The van der Waals surface area contributed by atoms with E-state index in [0.717, 1.165) is 0 Å². The van der Waals surface area contributed by atoms with Gasteiger partial charge in [0.05, 0.1) is 17.0 Å². The third-order valence-corrected chi connectivity index (χ3v) is 2.91. The number of aryl methyl sites for hydroxylation is 2. The highest BCUT2D eigenvalue weighted by atomic mass is 35.5. The van der Waals surface area contributed by atoms with Crippen molar-refractivity contribution in [2.24, 2.45) is 0 Å². The monoisotopic (exact) mass is 297 g/mol. The molecule has 0 unspecified atom stereocenters. The van der Waals surface area contributed by atoms with Crippen molar-refractivity contribution < 1.29 is 4.79 Å². The van der Waals surface area contributed by atoms with Crippen LogP contribution < -0.4 is 5.32 Å². The quantitative estimate of drug-likeness (QED) is 0.861. The molecule has 0 aliphatic rings. The van der Waals surface area contributed by atoms with Gasteiger partial charge < -0.3 is 5.32 Å². The molecular formula is C11H9Cl2N5O. The van der Waals surface area contributed by atoms with Crippen LogP contribution >= 0.6 is 23.2 Å². The van der Waals surface area contributed by atoms with Crippen LogP contribution in [-0.2, 0) is 0 Å². The maximum atomic E-state index is 12.1. The van der Waals surface area contributed by atoms with Gasteiger partial charge in [0.1, 0.15) is 12.0 Å². The molecular weight excluding hydrogens is 289 g/mol. The van der Waals surface area contributed by atoms with Crippen molar-refractivity contribution in [3.05, 3.63) is 39.7 Å². The van der Waals surface area contributed by atoms with Crippen LogP contribution in [0.3, 0.4) is 0 Å². The van der Waals surface area contributed by atoms with Gasteiger partial charge >= 0.3 is 0 Å². The Morgan fingerprint density at radius 3 is 2.42 bits per heavy atom. The maximum absolute atomic E-state index is 12.1. The van der Waals surface area contributed by atoms with Gasteiger partial charge in [-0.25, -0.2) is 9.97 Å². The Kier molecular flexibility index (Phi) is 3.92. The van der Waals surface area contributed by atoms with Crippen molar-refractivity contribution in [2.75, 3.05) is 5.32 Å². The standard InChI is InChI=1S/C11H9Cl2N5O/c1-5-3-7(6(2)18-17-5)11(19)16-8-9(12)14-4-15-10(8)13/h3-4H,1-2H3,(H,16,19). The number of nitrogens with one attached hydrogen (secondary N) is 1. The molecule has 2 rings (SSSR count). The molecule has 0 atom stereocenters. The normalized spacial score (nSPS) is 10.3. The van der Waals surface area contributed by atoms with Gasteiger partial charge in [0.25, 0.3) is 5.91 Å². The highest BCUT2D eigenvalue weighted by molar-refractivity contribution is 6.38. The summed E-state index contributed by atoms with van der Waals surface area (Å²) in [4.78, 5) is 19.6. The fourth-order valence-corrected chi connectivity index (χ4v) is 1.82. The number of hydrogen-bond acceptors (Lipinski definition) is 5. The summed E-state index contributed by atoms with van der Waals surface area (Å²) < 4.78 is 0. The lowest BCUT2D eigenvalue weighted by Crippen LogP contribution is -2.16. The van der Waals surface area contributed by atoms with Crippen molar-refractivity contribution >= 4 is 34.8 Å². The van der Waals surface area contributed by atoms with E-state index in [9.17, 15) is 4.79 Å². The van der Waals surface area contributed by atoms with Crippen LogP contribution in [-0.4, -0.2) is 26.1 Å². The smallest absolute Gasteiger partial charge is 0.257 e. The second kappa shape index (κ2) is 5.46. The molecule has 0 aliphatic heterocycles. The van der Waals surface area contributed by atoms with Crippen LogP contribution in [0.4, 0.5) is 5.69 Å². The van der Waals surface area contributed by atoms with E-state index in [0.29, 0.717) is 17.0 Å². The summed E-state index contributed by atoms with van der Waals surface area (Å²) in [6, 6.07) is 1.63. The first kappa shape index (κ1) is 13.6. The van der Waals surface area contributed by atoms with Crippen molar-refractivity contribution in [1.29, 1.82) is 0 Å². The molecule has 2 aromatic rings. The molecule has 2 heterocycles. The number of carbonyl (C=O) groups is 1. The molecule has 0 saturated heterocycles. The van der Waals surface area contributed by atoms with Crippen LogP contribution in [0.5, 0.6) is 0 Å². The average Bonchev–Trinajstić information content (AvgIpc) is 2.37. The third-order valence-electron chi connectivity index (χ3n) is 2.34. The second-order valence-corrected chi connectivity index (χ2v) is 4.49. The number of carbonyl (C=O) groups excluding carboxylic acids is 1. The van der Waals surface area contributed by atoms with Crippen LogP contribution in [0, 0.1) is 13.8 Å². The number of hydrogen-bond donors (Lipinski definition) is 1. The Balaban J connectivity index is 2.34. The van der Waals surface area contributed by atoms with Crippen LogP contribution in [0.15, 0.2) is 12.4 Å². The SMILES string of the molecule is Cc1cc(C(=O)Nc2c(Cl)ncnc2Cl)c(C)nn1. The predicted molar refractivity (Wildman–Crippen MR) is 71.5 cm³/mol. The molecule has 1 amide bonds. The summed E-state index contributed by atoms with van der Waals surface area (Å²) in [5, 5.41) is 10.5. The lowest BCUT2D eigenvalue weighted by Gasteiger charge is -2.09. The van der Waals surface area contributed by atoms with E-state index in [2.05, 4.69) is 25.5 Å². The summed E-state index contributed by atoms with van der Waals surface area (Å²) in [5.41, 5.74) is 1.71. The third kappa shape index (κ3) is 2.97. The van der Waals surface area contributed by atoms with E-state index in [-0.39, 0.29) is 16.0 Å². The summed E-state index contributed by atoms with van der Waals surface area (Å²) in [6.45, 7) is 3.43. The van der Waals surface area contributed by atoms with E-state index in [1.54, 1.807) is 19.9 Å². The molecule has 1 N–H and O–H groups in total. The van der Waals surface area contributed by atoms with Crippen molar-refractivity contribution in [3.63, 3.8) is 0 Å². The van der Waals surface area contributed by atoms with E-state index in [1.807, 2.05) is 0 Å². The summed E-state index contributed by atoms with van der Waals surface area (Å²) in [6.07, 6.45) is 1.21. The minimum absolute atomic E-state index is 0.0738. The van der Waals surface area contributed by atoms with Crippen molar-refractivity contribution in [3.8, 4) is 0 Å². The Morgan fingerprint density at radius 2 is 1.79 bits per heavy atom. The number of aromatic nitrogens is 4. The molecule has 19 heavy (non-hydrogen) atoms. The van der Waals surface area contributed by atoms with Crippen molar-refractivity contribution in [1.82, 2.24) is 20.2 Å². The minimum atomic E-state index is -0.394. The van der Waals surface area contributed by atoms with E-state index in [1.165, 1.54) is 6.33 Å². The highest BCUT2D eigenvalue weighted by Gasteiger charge is 2.16. The summed E-state index contributed by atoms with van der Waals surface area (Å²) >= 11 is 11.7. The number of nitrogens with zero attached hydrogens (tertiary/aromatic N) is 4. The average molecular weight is 298 g/mol. The molecule has 98 valence electrons. The van der Waals surface area contributed by atoms with Gasteiger partial charge in [-0.05, 0) is 19.9 Å². The first-order valence-electron chi connectivity index (χ1n) is 5.27. The summed E-state index contributed by atoms with van der Waals surface area (Å²) in [7, 11) is 0. The van der Waals surface area contributed by atoms with Gasteiger partial charge in [-0.1, -0.05) is 23.2 Å². The molecule has 0 radical (unpaired) electrons. The number of amides is 1. The van der Waals surface area contributed by atoms with Gasteiger partial charge in [-0.3, -0.25) is 4.79 Å². The Bertz CT molecular complexity index is 627. The zero-order chi connectivity index (χ0) is 14.0. The predicted octanol–water partition coefficient (Wildman–Crippen LogP) is 2.44. The lowest BCUT2D eigenvalue weighted by atomic mass is 10.2. The highest BCUT2D eigenvalue weighted by Crippen LogP contribution is 2.26. The fourth-order valence-electron chi connectivity index (χ4n) is 1.41. The largest absolute Gasteiger partial charge is 0.317 e. The van der Waals surface area contributed by atoms with Gasteiger partial charge in [0.15, 0.2) is 10.3 Å².